The molecule has 1 amide bonds. The van der Waals surface area contributed by atoms with Crippen LogP contribution in [-0.4, -0.2) is 34.8 Å². The minimum absolute atomic E-state index is 0.0370. The zero-order chi connectivity index (χ0) is 20.5. The van der Waals surface area contributed by atoms with Crippen molar-refractivity contribution in [3.63, 3.8) is 0 Å². The molecule has 1 aromatic carbocycles. The third-order valence-corrected chi connectivity index (χ3v) is 5.69. The van der Waals surface area contributed by atoms with Gasteiger partial charge in [0.05, 0.1) is 12.1 Å². The molecule has 150 valence electrons. The Bertz CT molecular complexity index is 839. The van der Waals surface area contributed by atoms with E-state index in [0.717, 1.165) is 29.7 Å². The molecule has 0 bridgehead atoms. The van der Waals surface area contributed by atoms with Gasteiger partial charge in [-0.1, -0.05) is 50.2 Å². The number of benzene rings is 1. The minimum atomic E-state index is -0.136. The van der Waals surface area contributed by atoms with E-state index in [1.54, 1.807) is 0 Å². The molecule has 2 aromatic rings. The molecule has 5 nitrogen and oxygen atoms in total. The van der Waals surface area contributed by atoms with E-state index in [-0.39, 0.29) is 29.4 Å². The van der Waals surface area contributed by atoms with Crippen molar-refractivity contribution in [1.82, 2.24) is 10.1 Å². The molecule has 28 heavy (non-hydrogen) atoms. The number of Topliss-reactive ketones (excluding diaryl/α,β-unsaturated/α-hetero) is 1. The average molecular weight is 383 g/mol. The van der Waals surface area contributed by atoms with Crippen molar-refractivity contribution in [3.05, 3.63) is 52.4 Å². The van der Waals surface area contributed by atoms with Crippen molar-refractivity contribution in [2.45, 2.75) is 59.3 Å². The summed E-state index contributed by atoms with van der Waals surface area (Å²) in [7, 11) is 0. The van der Waals surface area contributed by atoms with E-state index in [1.165, 1.54) is 5.56 Å². The van der Waals surface area contributed by atoms with Gasteiger partial charge in [0, 0.05) is 30.1 Å². The van der Waals surface area contributed by atoms with Crippen molar-refractivity contribution >= 4 is 11.7 Å². The lowest BCUT2D eigenvalue weighted by atomic mass is 9.85. The van der Waals surface area contributed by atoms with Crippen LogP contribution in [-0.2, 0) is 16.6 Å². The van der Waals surface area contributed by atoms with Crippen LogP contribution in [0.2, 0.25) is 0 Å². The average Bonchev–Trinajstić information content (AvgIpc) is 2.99. The van der Waals surface area contributed by atoms with E-state index in [9.17, 15) is 9.59 Å². The molecule has 3 rings (SSSR count). The first kappa shape index (κ1) is 20.3. The Morgan fingerprint density at radius 3 is 2.43 bits per heavy atom. The summed E-state index contributed by atoms with van der Waals surface area (Å²) in [6.45, 7) is 11.3. The lowest BCUT2D eigenvalue weighted by molar-refractivity contribution is -0.131. The second kappa shape index (κ2) is 7.90. The van der Waals surface area contributed by atoms with Gasteiger partial charge in [0.15, 0.2) is 5.78 Å². The number of likely N-dealkylation sites (tertiary alicyclic amines) is 1. The summed E-state index contributed by atoms with van der Waals surface area (Å²) in [6, 6.07) is 7.92. The van der Waals surface area contributed by atoms with Gasteiger partial charge in [0.1, 0.15) is 5.76 Å². The van der Waals surface area contributed by atoms with Crippen LogP contribution in [0.4, 0.5) is 0 Å². The van der Waals surface area contributed by atoms with E-state index in [4.69, 9.17) is 4.52 Å². The van der Waals surface area contributed by atoms with Gasteiger partial charge in [-0.05, 0) is 37.7 Å². The monoisotopic (exact) mass is 382 g/mol. The summed E-state index contributed by atoms with van der Waals surface area (Å²) in [5, 5.41) is 3.92. The maximum atomic E-state index is 13.0. The van der Waals surface area contributed by atoms with Crippen molar-refractivity contribution in [1.29, 1.82) is 0 Å². The number of aromatic nitrogens is 1. The summed E-state index contributed by atoms with van der Waals surface area (Å²) >= 11 is 0. The van der Waals surface area contributed by atoms with E-state index in [1.807, 2.05) is 43.0 Å². The molecular formula is C23H30N2O3. The molecule has 0 radical (unpaired) electrons. The predicted molar refractivity (Wildman–Crippen MR) is 108 cm³/mol. The summed E-state index contributed by atoms with van der Waals surface area (Å²) in [5.41, 5.74) is 3.63. The molecule has 0 aliphatic carbocycles. The maximum Gasteiger partial charge on any atom is 0.227 e. The Hall–Kier alpha value is -2.43. The lowest BCUT2D eigenvalue weighted by Gasteiger charge is -2.32. The number of hydrogen-bond donors (Lipinski definition) is 0. The van der Waals surface area contributed by atoms with E-state index < -0.39 is 0 Å². The molecule has 1 fully saturated rings. The molecule has 1 aliphatic rings. The van der Waals surface area contributed by atoms with E-state index in [2.05, 4.69) is 25.9 Å². The van der Waals surface area contributed by atoms with Gasteiger partial charge in [-0.2, -0.15) is 0 Å². The summed E-state index contributed by atoms with van der Waals surface area (Å²) in [6.07, 6.45) is 1.96. The molecule has 0 saturated carbocycles. The van der Waals surface area contributed by atoms with Crippen LogP contribution < -0.4 is 0 Å². The Kier molecular flexibility index (Phi) is 5.73. The fourth-order valence-electron chi connectivity index (χ4n) is 3.81. The van der Waals surface area contributed by atoms with E-state index in [0.29, 0.717) is 18.8 Å². The van der Waals surface area contributed by atoms with Gasteiger partial charge in [-0.15, -0.1) is 0 Å². The second-order valence-corrected chi connectivity index (χ2v) is 8.85. The Morgan fingerprint density at radius 1 is 1.18 bits per heavy atom. The highest BCUT2D eigenvalue weighted by Crippen LogP contribution is 2.26. The molecule has 1 saturated heterocycles. The molecule has 5 heteroatoms. The first-order valence-electron chi connectivity index (χ1n) is 10.0. The van der Waals surface area contributed by atoms with Gasteiger partial charge in [0.2, 0.25) is 5.91 Å². The topological polar surface area (TPSA) is 63.4 Å². The smallest absolute Gasteiger partial charge is 0.227 e. The van der Waals surface area contributed by atoms with Crippen molar-refractivity contribution in [2.75, 3.05) is 13.1 Å². The van der Waals surface area contributed by atoms with Crippen LogP contribution in [0.1, 0.15) is 66.6 Å². The largest absolute Gasteiger partial charge is 0.361 e. The number of nitrogens with zero attached hydrogens (tertiary/aromatic N) is 2. The molecular weight excluding hydrogens is 352 g/mol. The lowest BCUT2D eigenvalue weighted by Crippen LogP contribution is -2.43. The van der Waals surface area contributed by atoms with Gasteiger partial charge in [-0.25, -0.2) is 0 Å². The highest BCUT2D eigenvalue weighted by Gasteiger charge is 2.30. The summed E-state index contributed by atoms with van der Waals surface area (Å²) in [5.74, 6) is 0.725. The minimum Gasteiger partial charge on any atom is -0.361 e. The number of aryl methyl sites for hydroxylation is 2. The van der Waals surface area contributed by atoms with Crippen molar-refractivity contribution in [2.24, 2.45) is 5.92 Å². The van der Waals surface area contributed by atoms with Crippen LogP contribution in [0.5, 0.6) is 0 Å². The number of piperidine rings is 1. The normalized spacial score (nSPS) is 17.6. The highest BCUT2D eigenvalue weighted by atomic mass is 16.5. The van der Waals surface area contributed by atoms with Crippen LogP contribution in [0, 0.1) is 19.8 Å². The molecule has 2 heterocycles. The third kappa shape index (κ3) is 4.34. The number of amides is 1. The van der Waals surface area contributed by atoms with Gasteiger partial charge in [0.25, 0.3) is 0 Å². The highest BCUT2D eigenvalue weighted by molar-refractivity contribution is 5.98. The molecule has 1 aromatic heterocycles. The van der Waals surface area contributed by atoms with Crippen LogP contribution in [0.3, 0.4) is 0 Å². The molecule has 1 atom stereocenters. The summed E-state index contributed by atoms with van der Waals surface area (Å²) in [4.78, 5) is 27.6. The molecule has 0 N–H and O–H groups in total. The van der Waals surface area contributed by atoms with Crippen LogP contribution >= 0.6 is 0 Å². The van der Waals surface area contributed by atoms with Gasteiger partial charge in [-0.3, -0.25) is 9.59 Å². The fourth-order valence-corrected chi connectivity index (χ4v) is 3.81. The Labute approximate surface area is 167 Å². The number of carbonyl (C=O) groups is 2. The van der Waals surface area contributed by atoms with Crippen LogP contribution in [0.15, 0.2) is 28.8 Å². The quantitative estimate of drug-likeness (QED) is 0.742. The van der Waals surface area contributed by atoms with Crippen LogP contribution in [0.25, 0.3) is 0 Å². The number of hydrogen-bond acceptors (Lipinski definition) is 4. The Morgan fingerprint density at radius 2 is 1.86 bits per heavy atom. The maximum absolute atomic E-state index is 13.0. The summed E-state index contributed by atoms with van der Waals surface area (Å²) < 4.78 is 5.16. The fraction of sp³-hybridized carbons (Fsp3) is 0.522. The van der Waals surface area contributed by atoms with E-state index >= 15 is 0 Å². The zero-order valence-electron chi connectivity index (χ0n) is 17.5. The number of ketones is 1. The Balaban J connectivity index is 1.67. The second-order valence-electron chi connectivity index (χ2n) is 8.85. The van der Waals surface area contributed by atoms with Crippen molar-refractivity contribution < 1.29 is 14.1 Å². The molecule has 0 spiro atoms. The van der Waals surface area contributed by atoms with Gasteiger partial charge >= 0.3 is 0 Å². The first-order chi connectivity index (χ1) is 13.2. The SMILES string of the molecule is Cc1noc(C)c1CC(=O)N1CCC[C@H](C(=O)c2ccc(C(C)(C)C)cc2)C1. The molecule has 1 aliphatic heterocycles. The first-order valence-corrected chi connectivity index (χ1v) is 10.0. The van der Waals surface area contributed by atoms with Crippen molar-refractivity contribution in [3.8, 4) is 0 Å². The number of rotatable bonds is 4. The predicted octanol–water partition coefficient (Wildman–Crippen LogP) is 4.25. The number of carbonyl (C=O) groups excluding carboxylic acids is 2. The van der Waals surface area contributed by atoms with Gasteiger partial charge < -0.3 is 9.42 Å². The molecule has 0 unspecified atom stereocenters. The zero-order valence-corrected chi connectivity index (χ0v) is 17.5. The third-order valence-electron chi connectivity index (χ3n) is 5.69. The standard InChI is InChI=1S/C23H30N2O3/c1-15-20(16(2)28-24-15)13-21(26)25-12-6-7-18(14-25)22(27)17-8-10-19(11-9-17)23(3,4)5/h8-11,18H,6-7,12-14H2,1-5H3/t18-/m0/s1.